The van der Waals surface area contributed by atoms with Crippen molar-refractivity contribution < 1.29 is 94.6 Å². The van der Waals surface area contributed by atoms with Crippen molar-refractivity contribution in [2.24, 2.45) is 0 Å². The molecule has 3 aromatic carbocycles. The zero-order chi connectivity index (χ0) is 34.2. The van der Waals surface area contributed by atoms with E-state index in [2.05, 4.69) is 0 Å². The molecule has 0 unspecified atom stereocenters. The molecular formula is C27H24O19. The molecule has 1 fully saturated rings. The summed E-state index contributed by atoms with van der Waals surface area (Å²) in [6.45, 7) is -1.09. The topological polar surface area (TPSA) is 331 Å². The van der Waals surface area contributed by atoms with Crippen molar-refractivity contribution in [1.82, 2.24) is 0 Å². The minimum absolute atomic E-state index is 0.540. The van der Waals surface area contributed by atoms with E-state index in [1.165, 1.54) is 0 Å². The lowest BCUT2D eigenvalue weighted by Gasteiger charge is -2.45. The normalized spacial score (nSPS) is 22.5. The maximum Gasteiger partial charge on any atom is 0.358 e. The summed E-state index contributed by atoms with van der Waals surface area (Å²) < 4.78 is 19.9. The number of aliphatic hydroxyl groups is 3. The van der Waals surface area contributed by atoms with Gasteiger partial charge in [0.1, 0.15) is 18.8 Å². The SMILES string of the molecule is O=C(OC[C@H]1O[C@](O)(OC(=O)c2cc(O)c(O)c(O)c2)[C@H](O)[C@@H](OC(=O)c2cc(O)c(O)c(O)c2)[C@@H]1O)c1cc(O)c(O)c(O)c1. The van der Waals surface area contributed by atoms with Gasteiger partial charge < -0.3 is 80.2 Å². The molecule has 1 aliphatic rings. The first-order valence-electron chi connectivity index (χ1n) is 12.6. The van der Waals surface area contributed by atoms with Gasteiger partial charge in [0.15, 0.2) is 64.0 Å². The van der Waals surface area contributed by atoms with E-state index in [0.717, 1.165) is 0 Å². The van der Waals surface area contributed by atoms with Crippen LogP contribution in [0.1, 0.15) is 31.1 Å². The Morgan fingerprint density at radius 3 is 1.41 bits per heavy atom. The lowest BCUT2D eigenvalue weighted by atomic mass is 9.97. The van der Waals surface area contributed by atoms with Gasteiger partial charge in [0.2, 0.25) is 0 Å². The maximum absolute atomic E-state index is 12.8. The Labute approximate surface area is 254 Å². The summed E-state index contributed by atoms with van der Waals surface area (Å²) in [4.78, 5) is 38.2. The third kappa shape index (κ3) is 6.32. The van der Waals surface area contributed by atoms with Crippen molar-refractivity contribution in [2.75, 3.05) is 6.61 Å². The molecule has 1 heterocycles. The van der Waals surface area contributed by atoms with Gasteiger partial charge in [0.25, 0.3) is 0 Å². The summed E-state index contributed by atoms with van der Waals surface area (Å²) in [5.41, 5.74) is -1.94. The second kappa shape index (κ2) is 12.2. The number of hydrogen-bond acceptors (Lipinski definition) is 19. The van der Waals surface area contributed by atoms with Crippen molar-refractivity contribution in [2.45, 2.75) is 30.4 Å². The van der Waals surface area contributed by atoms with Gasteiger partial charge >= 0.3 is 23.9 Å². The Morgan fingerprint density at radius 1 is 0.630 bits per heavy atom. The van der Waals surface area contributed by atoms with E-state index in [1.807, 2.05) is 0 Å². The second-order valence-corrected chi connectivity index (χ2v) is 9.67. The molecule has 0 amide bonds. The zero-order valence-electron chi connectivity index (χ0n) is 22.7. The average molecular weight is 652 g/mol. The molecule has 46 heavy (non-hydrogen) atoms. The van der Waals surface area contributed by atoms with E-state index in [4.69, 9.17) is 18.9 Å². The van der Waals surface area contributed by atoms with Crippen molar-refractivity contribution in [3.05, 3.63) is 53.1 Å². The standard InChI is InChI=1S/C27H24O19/c28-11-1-8(2-12(29)18(11)34)24(39)43-7-17-21(37)22(44-25(40)9-3-13(30)19(35)14(31)4-9)23(38)27(42,45-17)46-26(41)10-5-15(32)20(36)16(33)6-10/h1-6,17,21-23,28-38,42H,7H2/t17-,21-,22+,23-,27+/m1/s1. The molecule has 1 saturated heterocycles. The molecule has 0 saturated carbocycles. The average Bonchev–Trinajstić information content (AvgIpc) is 2.99. The van der Waals surface area contributed by atoms with Crippen LogP contribution in [0.3, 0.4) is 0 Å². The maximum atomic E-state index is 12.8. The minimum Gasteiger partial charge on any atom is -0.504 e. The van der Waals surface area contributed by atoms with Gasteiger partial charge in [-0.15, -0.1) is 0 Å². The summed E-state index contributed by atoms with van der Waals surface area (Å²) in [6, 6.07) is 3.77. The van der Waals surface area contributed by atoms with E-state index >= 15 is 0 Å². The van der Waals surface area contributed by atoms with Gasteiger partial charge in [-0.3, -0.25) is 0 Å². The van der Waals surface area contributed by atoms with Gasteiger partial charge in [-0.25, -0.2) is 14.4 Å². The lowest BCUT2D eigenvalue weighted by Crippen LogP contribution is -2.67. The quantitative estimate of drug-likeness (QED) is 0.0633. The van der Waals surface area contributed by atoms with Crippen LogP contribution >= 0.6 is 0 Å². The highest BCUT2D eigenvalue weighted by atomic mass is 16.9. The lowest BCUT2D eigenvalue weighted by molar-refractivity contribution is -0.429. The molecule has 0 aromatic heterocycles. The van der Waals surface area contributed by atoms with Crippen LogP contribution in [0.5, 0.6) is 51.7 Å². The summed E-state index contributed by atoms with van der Waals surface area (Å²) in [6.07, 6.45) is -9.28. The molecule has 0 radical (unpaired) electrons. The number of rotatable bonds is 7. The van der Waals surface area contributed by atoms with Crippen LogP contribution in [0.15, 0.2) is 36.4 Å². The first-order chi connectivity index (χ1) is 21.4. The number of ether oxygens (including phenoxy) is 4. The Balaban J connectivity index is 1.64. The van der Waals surface area contributed by atoms with Crippen molar-refractivity contribution in [3.63, 3.8) is 0 Å². The van der Waals surface area contributed by atoms with Crippen molar-refractivity contribution in [1.29, 1.82) is 0 Å². The Kier molecular flexibility index (Phi) is 8.79. The van der Waals surface area contributed by atoms with Crippen LogP contribution < -0.4 is 0 Å². The van der Waals surface area contributed by atoms with E-state index in [1.54, 1.807) is 0 Å². The number of carbonyl (C=O) groups excluding carboxylic acids is 3. The number of benzene rings is 3. The van der Waals surface area contributed by atoms with E-state index in [0.29, 0.717) is 36.4 Å². The summed E-state index contributed by atoms with van der Waals surface area (Å²) in [7, 11) is 0. The van der Waals surface area contributed by atoms with E-state index in [9.17, 15) is 75.7 Å². The smallest absolute Gasteiger partial charge is 0.358 e. The summed E-state index contributed by atoms with van der Waals surface area (Å²) in [5, 5.41) is 119. The first kappa shape index (κ1) is 33.0. The fourth-order valence-corrected chi connectivity index (χ4v) is 4.10. The molecule has 19 nitrogen and oxygen atoms in total. The molecule has 4 rings (SSSR count). The summed E-state index contributed by atoms with van der Waals surface area (Å²) in [5.74, 6) is -16.9. The summed E-state index contributed by atoms with van der Waals surface area (Å²) >= 11 is 0. The molecule has 3 aromatic rings. The number of esters is 3. The van der Waals surface area contributed by atoms with Crippen LogP contribution in [0.4, 0.5) is 0 Å². The van der Waals surface area contributed by atoms with Crippen molar-refractivity contribution >= 4 is 17.9 Å². The second-order valence-electron chi connectivity index (χ2n) is 9.67. The Bertz CT molecular complexity index is 1630. The molecule has 1 aliphatic heterocycles. The predicted octanol–water partition coefficient (Wildman–Crippen LogP) is -0.957. The number of carbonyl (C=O) groups is 3. The fourth-order valence-electron chi connectivity index (χ4n) is 4.10. The number of phenols is 9. The Hall–Kier alpha value is -5.89. The van der Waals surface area contributed by atoms with E-state index in [-0.39, 0.29) is 0 Å². The number of aromatic hydroxyl groups is 9. The largest absolute Gasteiger partial charge is 0.504 e. The van der Waals surface area contributed by atoms with Crippen molar-refractivity contribution in [3.8, 4) is 51.7 Å². The first-order valence-corrected chi connectivity index (χ1v) is 12.6. The molecular weight excluding hydrogens is 628 g/mol. The molecule has 19 heteroatoms. The van der Waals surface area contributed by atoms with Crippen LogP contribution in [0, 0.1) is 0 Å². The third-order valence-electron chi connectivity index (χ3n) is 6.50. The van der Waals surface area contributed by atoms with Crippen LogP contribution in [-0.4, -0.2) is 116 Å². The predicted molar refractivity (Wildman–Crippen MR) is 141 cm³/mol. The molecule has 246 valence electrons. The highest BCUT2D eigenvalue weighted by Crippen LogP contribution is 2.39. The van der Waals surface area contributed by atoms with Gasteiger partial charge in [0.05, 0.1) is 16.7 Å². The van der Waals surface area contributed by atoms with Crippen LogP contribution in [-0.2, 0) is 18.9 Å². The number of phenolic OH excluding ortho intramolecular Hbond substituents is 9. The highest BCUT2D eigenvalue weighted by molar-refractivity contribution is 5.92. The van der Waals surface area contributed by atoms with Gasteiger partial charge in [0, 0.05) is 0 Å². The third-order valence-corrected chi connectivity index (χ3v) is 6.50. The number of hydrogen-bond donors (Lipinski definition) is 12. The molecule has 5 atom stereocenters. The van der Waals surface area contributed by atoms with Gasteiger partial charge in [-0.2, -0.15) is 0 Å². The molecule has 0 aliphatic carbocycles. The fraction of sp³-hybridized carbons (Fsp3) is 0.222. The monoisotopic (exact) mass is 652 g/mol. The van der Waals surface area contributed by atoms with Gasteiger partial charge in [-0.1, -0.05) is 0 Å². The highest BCUT2D eigenvalue weighted by Gasteiger charge is 2.58. The Morgan fingerprint density at radius 2 is 1.00 bits per heavy atom. The van der Waals surface area contributed by atoms with Gasteiger partial charge in [-0.05, 0) is 36.4 Å². The molecule has 0 spiro atoms. The van der Waals surface area contributed by atoms with Crippen LogP contribution in [0.25, 0.3) is 0 Å². The zero-order valence-corrected chi connectivity index (χ0v) is 22.7. The minimum atomic E-state index is -3.57. The van der Waals surface area contributed by atoms with Crippen LogP contribution in [0.2, 0.25) is 0 Å². The molecule has 0 bridgehead atoms. The number of aliphatic hydroxyl groups excluding tert-OH is 2. The van der Waals surface area contributed by atoms with E-state index < -0.39 is 123 Å². The molecule has 12 N–H and O–H groups in total.